The predicted octanol–water partition coefficient (Wildman–Crippen LogP) is 1.59. The van der Waals surface area contributed by atoms with Crippen molar-refractivity contribution in [3.05, 3.63) is 35.4 Å². The first-order valence-electron chi connectivity index (χ1n) is 8.55. The van der Waals surface area contributed by atoms with E-state index in [0.29, 0.717) is 6.42 Å². The van der Waals surface area contributed by atoms with Crippen LogP contribution in [0.15, 0.2) is 24.3 Å². The quantitative estimate of drug-likeness (QED) is 0.717. The SMILES string of the molecule is CCc1ccc(CCC(=O)NCCCN2CCNCC2)cc1. The number of rotatable bonds is 8. The highest BCUT2D eigenvalue weighted by atomic mass is 16.1. The van der Waals surface area contributed by atoms with Gasteiger partial charge in [0.25, 0.3) is 0 Å². The van der Waals surface area contributed by atoms with Gasteiger partial charge in [-0.2, -0.15) is 0 Å². The second kappa shape index (κ2) is 9.59. The molecule has 1 saturated heterocycles. The molecule has 1 aromatic carbocycles. The Labute approximate surface area is 134 Å². The highest BCUT2D eigenvalue weighted by Gasteiger charge is 2.08. The van der Waals surface area contributed by atoms with Crippen molar-refractivity contribution in [2.45, 2.75) is 32.6 Å². The summed E-state index contributed by atoms with van der Waals surface area (Å²) in [6.07, 6.45) is 3.51. The number of benzene rings is 1. The third-order valence-electron chi connectivity index (χ3n) is 4.25. The van der Waals surface area contributed by atoms with Crippen LogP contribution in [0.25, 0.3) is 0 Å². The van der Waals surface area contributed by atoms with Gasteiger partial charge < -0.3 is 15.5 Å². The zero-order valence-corrected chi connectivity index (χ0v) is 13.7. The number of amides is 1. The van der Waals surface area contributed by atoms with Crippen LogP contribution in [0.1, 0.15) is 30.9 Å². The Morgan fingerprint density at radius 2 is 1.86 bits per heavy atom. The fourth-order valence-corrected chi connectivity index (χ4v) is 2.75. The second-order valence-electron chi connectivity index (χ2n) is 5.97. The summed E-state index contributed by atoms with van der Waals surface area (Å²) in [7, 11) is 0. The van der Waals surface area contributed by atoms with E-state index in [1.54, 1.807) is 0 Å². The van der Waals surface area contributed by atoms with Crippen molar-refractivity contribution < 1.29 is 4.79 Å². The first-order valence-corrected chi connectivity index (χ1v) is 8.55. The van der Waals surface area contributed by atoms with Gasteiger partial charge in [-0.05, 0) is 36.9 Å². The number of aryl methyl sites for hydroxylation is 2. The van der Waals surface area contributed by atoms with Gasteiger partial charge in [0.1, 0.15) is 0 Å². The summed E-state index contributed by atoms with van der Waals surface area (Å²) in [4.78, 5) is 14.3. The van der Waals surface area contributed by atoms with Crippen LogP contribution in [0.2, 0.25) is 0 Å². The molecule has 0 atom stereocenters. The Kier molecular flexibility index (Phi) is 7.40. The molecule has 4 heteroatoms. The van der Waals surface area contributed by atoms with E-state index in [9.17, 15) is 4.79 Å². The van der Waals surface area contributed by atoms with Crippen molar-refractivity contribution in [1.82, 2.24) is 15.5 Å². The van der Waals surface area contributed by atoms with Crippen molar-refractivity contribution in [1.29, 1.82) is 0 Å². The van der Waals surface area contributed by atoms with E-state index in [0.717, 1.165) is 58.5 Å². The van der Waals surface area contributed by atoms with Crippen molar-refractivity contribution in [2.24, 2.45) is 0 Å². The van der Waals surface area contributed by atoms with E-state index in [4.69, 9.17) is 0 Å². The molecule has 0 spiro atoms. The van der Waals surface area contributed by atoms with E-state index in [2.05, 4.69) is 46.7 Å². The maximum Gasteiger partial charge on any atom is 0.220 e. The standard InChI is InChI=1S/C18H29N3O/c1-2-16-4-6-17(7-5-16)8-9-18(22)20-10-3-13-21-14-11-19-12-15-21/h4-7,19H,2-3,8-15H2,1H3,(H,20,22). The number of hydrogen-bond donors (Lipinski definition) is 2. The molecule has 0 aliphatic carbocycles. The van der Waals surface area contributed by atoms with Gasteiger partial charge in [-0.15, -0.1) is 0 Å². The average Bonchev–Trinajstić information content (AvgIpc) is 2.58. The monoisotopic (exact) mass is 303 g/mol. The first kappa shape index (κ1) is 17.0. The van der Waals surface area contributed by atoms with Crippen LogP contribution in [0.3, 0.4) is 0 Å². The van der Waals surface area contributed by atoms with Crippen molar-refractivity contribution >= 4 is 5.91 Å². The van der Waals surface area contributed by atoms with Crippen LogP contribution in [0.5, 0.6) is 0 Å². The molecule has 1 amide bonds. The summed E-state index contributed by atoms with van der Waals surface area (Å²) in [6.45, 7) is 8.45. The Morgan fingerprint density at radius 3 is 2.55 bits per heavy atom. The van der Waals surface area contributed by atoms with Crippen LogP contribution in [0.4, 0.5) is 0 Å². The summed E-state index contributed by atoms with van der Waals surface area (Å²) < 4.78 is 0. The van der Waals surface area contributed by atoms with Gasteiger partial charge in [0.05, 0.1) is 0 Å². The van der Waals surface area contributed by atoms with Gasteiger partial charge >= 0.3 is 0 Å². The van der Waals surface area contributed by atoms with Crippen molar-refractivity contribution in [3.63, 3.8) is 0 Å². The molecule has 1 aliphatic rings. The smallest absolute Gasteiger partial charge is 0.220 e. The third kappa shape index (κ3) is 6.16. The number of piperazine rings is 1. The lowest BCUT2D eigenvalue weighted by atomic mass is 10.1. The van der Waals surface area contributed by atoms with Crippen LogP contribution in [-0.2, 0) is 17.6 Å². The lowest BCUT2D eigenvalue weighted by Gasteiger charge is -2.27. The van der Waals surface area contributed by atoms with Crippen LogP contribution >= 0.6 is 0 Å². The largest absolute Gasteiger partial charge is 0.356 e. The van der Waals surface area contributed by atoms with E-state index in [-0.39, 0.29) is 5.91 Å². The first-order chi connectivity index (χ1) is 10.8. The molecule has 1 aliphatic heterocycles. The van der Waals surface area contributed by atoms with Gasteiger partial charge in [-0.1, -0.05) is 31.2 Å². The lowest BCUT2D eigenvalue weighted by molar-refractivity contribution is -0.121. The molecule has 0 saturated carbocycles. The molecule has 0 unspecified atom stereocenters. The van der Waals surface area contributed by atoms with Crippen LogP contribution < -0.4 is 10.6 Å². The summed E-state index contributed by atoms with van der Waals surface area (Å²) in [5.74, 6) is 0.167. The molecule has 1 fully saturated rings. The van der Waals surface area contributed by atoms with Gasteiger partial charge in [0.2, 0.25) is 5.91 Å². The van der Waals surface area contributed by atoms with E-state index < -0.39 is 0 Å². The van der Waals surface area contributed by atoms with E-state index in [1.807, 2.05) is 0 Å². The molecule has 0 aromatic heterocycles. The highest BCUT2D eigenvalue weighted by molar-refractivity contribution is 5.76. The molecule has 22 heavy (non-hydrogen) atoms. The molecule has 122 valence electrons. The number of carbonyl (C=O) groups is 1. The summed E-state index contributed by atoms with van der Waals surface area (Å²) in [5.41, 5.74) is 2.59. The fraction of sp³-hybridized carbons (Fsp3) is 0.611. The Hall–Kier alpha value is -1.39. The van der Waals surface area contributed by atoms with E-state index >= 15 is 0 Å². The van der Waals surface area contributed by atoms with E-state index in [1.165, 1.54) is 11.1 Å². The number of carbonyl (C=O) groups excluding carboxylic acids is 1. The molecule has 0 bridgehead atoms. The normalized spacial score (nSPS) is 15.7. The molecule has 4 nitrogen and oxygen atoms in total. The zero-order valence-electron chi connectivity index (χ0n) is 13.7. The summed E-state index contributed by atoms with van der Waals surface area (Å²) >= 11 is 0. The average molecular weight is 303 g/mol. The maximum atomic E-state index is 11.9. The number of nitrogens with one attached hydrogen (secondary N) is 2. The molecular formula is C18H29N3O. The number of hydrogen-bond acceptors (Lipinski definition) is 3. The Balaban J connectivity index is 1.55. The van der Waals surface area contributed by atoms with Crippen molar-refractivity contribution in [3.8, 4) is 0 Å². The highest BCUT2D eigenvalue weighted by Crippen LogP contribution is 2.07. The lowest BCUT2D eigenvalue weighted by Crippen LogP contribution is -2.44. The fourth-order valence-electron chi connectivity index (χ4n) is 2.75. The zero-order chi connectivity index (χ0) is 15.6. The summed E-state index contributed by atoms with van der Waals surface area (Å²) in [5, 5.41) is 6.39. The van der Waals surface area contributed by atoms with Crippen LogP contribution in [0, 0.1) is 0 Å². The summed E-state index contributed by atoms with van der Waals surface area (Å²) in [6, 6.07) is 8.58. The molecule has 1 aromatic rings. The Bertz CT molecular complexity index is 438. The maximum absolute atomic E-state index is 11.9. The van der Waals surface area contributed by atoms with Crippen molar-refractivity contribution in [2.75, 3.05) is 39.3 Å². The van der Waals surface area contributed by atoms with Crippen LogP contribution in [-0.4, -0.2) is 50.1 Å². The minimum Gasteiger partial charge on any atom is -0.356 e. The molecular weight excluding hydrogens is 274 g/mol. The van der Waals surface area contributed by atoms with Gasteiger partial charge in [0.15, 0.2) is 0 Å². The van der Waals surface area contributed by atoms with Gasteiger partial charge in [-0.25, -0.2) is 0 Å². The predicted molar refractivity (Wildman–Crippen MR) is 91.1 cm³/mol. The molecule has 2 N–H and O–H groups in total. The third-order valence-corrected chi connectivity index (χ3v) is 4.25. The number of nitrogens with zero attached hydrogens (tertiary/aromatic N) is 1. The Morgan fingerprint density at radius 1 is 1.18 bits per heavy atom. The van der Waals surface area contributed by atoms with Gasteiger partial charge in [0, 0.05) is 39.1 Å². The molecule has 2 rings (SSSR count). The molecule has 0 radical (unpaired) electrons. The second-order valence-corrected chi connectivity index (χ2v) is 5.97. The molecule has 1 heterocycles. The minimum atomic E-state index is 0.167. The van der Waals surface area contributed by atoms with Gasteiger partial charge in [-0.3, -0.25) is 4.79 Å². The minimum absolute atomic E-state index is 0.167. The topological polar surface area (TPSA) is 44.4 Å².